The quantitative estimate of drug-likeness (QED) is 0.695. The van der Waals surface area contributed by atoms with Crippen molar-refractivity contribution in [1.82, 2.24) is 14.8 Å². The first kappa shape index (κ1) is 7.91. The summed E-state index contributed by atoms with van der Waals surface area (Å²) in [5.74, 6) is -0.316. The summed E-state index contributed by atoms with van der Waals surface area (Å²) in [5.41, 5.74) is 0.796. The van der Waals surface area contributed by atoms with Crippen molar-refractivity contribution in [2.75, 3.05) is 0 Å². The summed E-state index contributed by atoms with van der Waals surface area (Å²) in [6.07, 6.45) is 4.74. The molecule has 0 atom stereocenters. The Labute approximate surface area is 74.8 Å². The van der Waals surface area contributed by atoms with E-state index < -0.39 is 0 Å². The lowest BCUT2D eigenvalue weighted by Crippen LogP contribution is -2.01. The number of hydrogen-bond acceptors (Lipinski definition) is 2. The standard InChI is InChI=1S/C9H8FN3/c10-8-2-3-9(11-6-8)7-13-5-1-4-12-13/h1-6H,7H2. The van der Waals surface area contributed by atoms with Crippen molar-refractivity contribution in [2.24, 2.45) is 0 Å². The van der Waals surface area contributed by atoms with Gasteiger partial charge in [-0.3, -0.25) is 9.67 Å². The van der Waals surface area contributed by atoms with E-state index in [2.05, 4.69) is 10.1 Å². The SMILES string of the molecule is Fc1ccc(Cn2cccn2)nc1. The van der Waals surface area contributed by atoms with Gasteiger partial charge in [0.1, 0.15) is 5.82 Å². The van der Waals surface area contributed by atoms with Crippen LogP contribution in [-0.4, -0.2) is 14.8 Å². The third-order valence-electron chi connectivity index (χ3n) is 1.67. The Morgan fingerprint density at radius 1 is 1.38 bits per heavy atom. The van der Waals surface area contributed by atoms with Crippen molar-refractivity contribution in [1.29, 1.82) is 0 Å². The van der Waals surface area contributed by atoms with Crippen LogP contribution in [0.25, 0.3) is 0 Å². The van der Waals surface area contributed by atoms with E-state index in [-0.39, 0.29) is 5.82 Å². The largest absolute Gasteiger partial charge is 0.267 e. The minimum atomic E-state index is -0.316. The number of hydrogen-bond donors (Lipinski definition) is 0. The van der Waals surface area contributed by atoms with Gasteiger partial charge in [-0.25, -0.2) is 4.39 Å². The van der Waals surface area contributed by atoms with E-state index in [1.165, 1.54) is 12.3 Å². The average molecular weight is 177 g/mol. The molecule has 0 aromatic carbocycles. The zero-order valence-corrected chi connectivity index (χ0v) is 6.89. The Morgan fingerprint density at radius 2 is 2.31 bits per heavy atom. The van der Waals surface area contributed by atoms with Crippen molar-refractivity contribution >= 4 is 0 Å². The van der Waals surface area contributed by atoms with Gasteiger partial charge in [0, 0.05) is 12.4 Å². The first-order chi connectivity index (χ1) is 6.34. The molecule has 2 heterocycles. The molecule has 0 aliphatic carbocycles. The lowest BCUT2D eigenvalue weighted by atomic mass is 10.3. The highest BCUT2D eigenvalue weighted by Gasteiger charge is 1.96. The summed E-state index contributed by atoms with van der Waals surface area (Å²) < 4.78 is 14.2. The van der Waals surface area contributed by atoms with E-state index in [0.717, 1.165) is 5.69 Å². The second-order valence-corrected chi connectivity index (χ2v) is 2.67. The molecule has 3 nitrogen and oxygen atoms in total. The fourth-order valence-electron chi connectivity index (χ4n) is 1.06. The lowest BCUT2D eigenvalue weighted by Gasteiger charge is -1.99. The highest BCUT2D eigenvalue weighted by molar-refractivity contribution is 5.05. The fraction of sp³-hybridized carbons (Fsp3) is 0.111. The molecule has 0 unspecified atom stereocenters. The van der Waals surface area contributed by atoms with Gasteiger partial charge in [-0.1, -0.05) is 0 Å². The Kier molecular flexibility index (Phi) is 2.04. The van der Waals surface area contributed by atoms with Gasteiger partial charge in [-0.2, -0.15) is 5.10 Å². The lowest BCUT2D eigenvalue weighted by molar-refractivity contribution is 0.612. The fourth-order valence-corrected chi connectivity index (χ4v) is 1.06. The maximum atomic E-state index is 12.5. The molecule has 0 saturated carbocycles. The Hall–Kier alpha value is -1.71. The summed E-state index contributed by atoms with van der Waals surface area (Å²) in [6, 6.07) is 4.88. The molecule has 0 amide bonds. The van der Waals surface area contributed by atoms with Gasteiger partial charge in [0.15, 0.2) is 0 Å². The first-order valence-electron chi connectivity index (χ1n) is 3.92. The number of nitrogens with zero attached hydrogens (tertiary/aromatic N) is 3. The van der Waals surface area contributed by atoms with Crippen molar-refractivity contribution in [3.8, 4) is 0 Å². The van der Waals surface area contributed by atoms with Crippen LogP contribution in [0.15, 0.2) is 36.8 Å². The third kappa shape index (κ3) is 1.90. The summed E-state index contributed by atoms with van der Waals surface area (Å²) in [4.78, 5) is 3.92. The van der Waals surface area contributed by atoms with Crippen LogP contribution in [0.5, 0.6) is 0 Å². The predicted molar refractivity (Wildman–Crippen MR) is 45.5 cm³/mol. The summed E-state index contributed by atoms with van der Waals surface area (Å²) >= 11 is 0. The van der Waals surface area contributed by atoms with E-state index in [0.29, 0.717) is 6.54 Å². The number of halogens is 1. The highest BCUT2D eigenvalue weighted by atomic mass is 19.1. The van der Waals surface area contributed by atoms with Gasteiger partial charge in [-0.05, 0) is 18.2 Å². The second-order valence-electron chi connectivity index (χ2n) is 2.67. The number of rotatable bonds is 2. The van der Waals surface area contributed by atoms with Crippen LogP contribution < -0.4 is 0 Å². The topological polar surface area (TPSA) is 30.7 Å². The molecule has 13 heavy (non-hydrogen) atoms. The van der Waals surface area contributed by atoms with Crippen LogP contribution in [0, 0.1) is 5.82 Å². The summed E-state index contributed by atoms with van der Waals surface area (Å²) in [7, 11) is 0. The molecule has 4 heteroatoms. The maximum absolute atomic E-state index is 12.5. The van der Waals surface area contributed by atoms with Crippen molar-refractivity contribution in [3.63, 3.8) is 0 Å². The number of pyridine rings is 1. The zero-order valence-electron chi connectivity index (χ0n) is 6.89. The molecular weight excluding hydrogens is 169 g/mol. The molecule has 0 N–H and O–H groups in total. The van der Waals surface area contributed by atoms with Crippen LogP contribution in [0.1, 0.15) is 5.69 Å². The van der Waals surface area contributed by atoms with Gasteiger partial charge >= 0.3 is 0 Å². The molecule has 0 aliphatic rings. The smallest absolute Gasteiger partial charge is 0.141 e. The third-order valence-corrected chi connectivity index (χ3v) is 1.67. The molecule has 0 radical (unpaired) electrons. The number of aromatic nitrogens is 3. The van der Waals surface area contributed by atoms with Gasteiger partial charge < -0.3 is 0 Å². The predicted octanol–water partition coefficient (Wildman–Crippen LogP) is 1.47. The Bertz CT molecular complexity index is 366. The van der Waals surface area contributed by atoms with E-state index in [1.807, 2.05) is 12.3 Å². The minimum Gasteiger partial charge on any atom is -0.267 e. The normalized spacial score (nSPS) is 10.2. The van der Waals surface area contributed by atoms with E-state index in [1.54, 1.807) is 16.9 Å². The molecule has 0 fully saturated rings. The van der Waals surface area contributed by atoms with Crippen LogP contribution in [-0.2, 0) is 6.54 Å². The highest BCUT2D eigenvalue weighted by Crippen LogP contribution is 1.99. The van der Waals surface area contributed by atoms with E-state index in [4.69, 9.17) is 0 Å². The summed E-state index contributed by atoms with van der Waals surface area (Å²) in [6.45, 7) is 0.577. The van der Waals surface area contributed by atoms with Gasteiger partial charge in [0.2, 0.25) is 0 Å². The Balaban J connectivity index is 2.15. The Morgan fingerprint density at radius 3 is 2.92 bits per heavy atom. The molecule has 2 aromatic heterocycles. The molecule has 2 aromatic rings. The maximum Gasteiger partial charge on any atom is 0.141 e. The van der Waals surface area contributed by atoms with Crippen LogP contribution in [0.2, 0.25) is 0 Å². The van der Waals surface area contributed by atoms with Crippen LogP contribution in [0.4, 0.5) is 4.39 Å². The second kappa shape index (κ2) is 3.35. The van der Waals surface area contributed by atoms with Gasteiger partial charge in [0.25, 0.3) is 0 Å². The minimum absolute atomic E-state index is 0.316. The molecule has 0 spiro atoms. The molecule has 0 aliphatic heterocycles. The monoisotopic (exact) mass is 177 g/mol. The van der Waals surface area contributed by atoms with E-state index in [9.17, 15) is 4.39 Å². The van der Waals surface area contributed by atoms with Crippen molar-refractivity contribution in [3.05, 3.63) is 48.3 Å². The van der Waals surface area contributed by atoms with Gasteiger partial charge in [0.05, 0.1) is 18.4 Å². The molecule has 2 rings (SSSR count). The van der Waals surface area contributed by atoms with E-state index >= 15 is 0 Å². The molecule has 0 saturated heterocycles. The van der Waals surface area contributed by atoms with Crippen LogP contribution in [0.3, 0.4) is 0 Å². The van der Waals surface area contributed by atoms with Crippen LogP contribution >= 0.6 is 0 Å². The average Bonchev–Trinajstić information content (AvgIpc) is 2.62. The van der Waals surface area contributed by atoms with Crippen molar-refractivity contribution < 1.29 is 4.39 Å². The van der Waals surface area contributed by atoms with Crippen molar-refractivity contribution in [2.45, 2.75) is 6.54 Å². The first-order valence-corrected chi connectivity index (χ1v) is 3.92. The summed E-state index contributed by atoms with van der Waals surface area (Å²) in [5, 5.41) is 4.02. The zero-order chi connectivity index (χ0) is 9.10. The molecule has 66 valence electrons. The van der Waals surface area contributed by atoms with Gasteiger partial charge in [-0.15, -0.1) is 0 Å². The molecule has 0 bridgehead atoms. The molecular formula is C9H8FN3.